The maximum absolute atomic E-state index is 12.6. The lowest BCUT2D eigenvalue weighted by molar-refractivity contribution is -0.102. The molecule has 2 aromatic heterocycles. The summed E-state index contributed by atoms with van der Waals surface area (Å²) in [5.74, 6) is 0.324. The minimum absolute atomic E-state index is 0.140. The molecule has 31 heavy (non-hydrogen) atoms. The van der Waals surface area contributed by atoms with Gasteiger partial charge in [0.1, 0.15) is 12.7 Å². The molecular formula is C23H24N4O4. The molecule has 0 aliphatic carbocycles. The minimum atomic E-state index is -0.286. The molecule has 0 saturated carbocycles. The van der Waals surface area contributed by atoms with Crippen LogP contribution in [0.1, 0.15) is 16.8 Å². The van der Waals surface area contributed by atoms with Crippen molar-refractivity contribution in [1.29, 1.82) is 0 Å². The fraction of sp³-hybridized carbons (Fsp3) is 0.391. The Labute approximate surface area is 179 Å². The first-order chi connectivity index (χ1) is 15.3. The van der Waals surface area contributed by atoms with Gasteiger partial charge in [-0.3, -0.25) is 14.5 Å². The molecule has 0 radical (unpaired) electrons. The summed E-state index contributed by atoms with van der Waals surface area (Å²) in [6.07, 6.45) is 7.61. The van der Waals surface area contributed by atoms with Crippen molar-refractivity contribution in [2.24, 2.45) is 0 Å². The number of nitrogens with zero attached hydrogens (tertiary/aromatic N) is 4. The van der Waals surface area contributed by atoms with Gasteiger partial charge in [0.25, 0.3) is 0 Å². The Morgan fingerprint density at radius 3 is 2.97 bits per heavy atom. The van der Waals surface area contributed by atoms with Gasteiger partial charge in [-0.1, -0.05) is 18.2 Å². The summed E-state index contributed by atoms with van der Waals surface area (Å²) in [7, 11) is 0. The monoisotopic (exact) mass is 420 g/mol. The summed E-state index contributed by atoms with van der Waals surface area (Å²) in [5.41, 5.74) is 5.08. The van der Waals surface area contributed by atoms with Crippen molar-refractivity contribution in [3.8, 4) is 17.1 Å². The summed E-state index contributed by atoms with van der Waals surface area (Å²) in [6.45, 7) is 2.57. The maximum atomic E-state index is 12.6. The van der Waals surface area contributed by atoms with Crippen LogP contribution in [-0.2, 0) is 35.3 Å². The van der Waals surface area contributed by atoms with E-state index < -0.39 is 0 Å². The Balaban J connectivity index is 1.34. The van der Waals surface area contributed by atoms with Gasteiger partial charge in [0.05, 0.1) is 31.2 Å². The van der Waals surface area contributed by atoms with E-state index in [1.54, 1.807) is 23.2 Å². The third-order valence-electron chi connectivity index (χ3n) is 5.63. The lowest BCUT2D eigenvalue weighted by Gasteiger charge is -2.24. The van der Waals surface area contributed by atoms with Crippen molar-refractivity contribution in [3.63, 3.8) is 0 Å². The highest BCUT2D eigenvalue weighted by Crippen LogP contribution is 2.30. The number of fused-ring (bicyclic) bond motifs is 3. The van der Waals surface area contributed by atoms with Gasteiger partial charge in [-0.2, -0.15) is 4.98 Å². The van der Waals surface area contributed by atoms with E-state index in [2.05, 4.69) is 33.2 Å². The van der Waals surface area contributed by atoms with Crippen molar-refractivity contribution < 1.29 is 14.2 Å². The van der Waals surface area contributed by atoms with E-state index in [0.29, 0.717) is 38.9 Å². The highest BCUT2D eigenvalue weighted by atomic mass is 16.6. The largest absolute Gasteiger partial charge is 0.475 e. The quantitative estimate of drug-likeness (QED) is 0.601. The summed E-state index contributed by atoms with van der Waals surface area (Å²) in [4.78, 5) is 25.1. The van der Waals surface area contributed by atoms with Crippen LogP contribution in [0.15, 0.2) is 47.7 Å². The van der Waals surface area contributed by atoms with E-state index in [1.165, 1.54) is 11.1 Å². The molecule has 160 valence electrons. The van der Waals surface area contributed by atoms with Gasteiger partial charge >= 0.3 is 5.69 Å². The Kier molecular flexibility index (Phi) is 5.73. The highest BCUT2D eigenvalue weighted by molar-refractivity contribution is 5.67. The molecule has 1 aromatic carbocycles. The molecule has 3 aromatic rings. The van der Waals surface area contributed by atoms with Crippen LogP contribution in [0.4, 0.5) is 0 Å². The number of benzene rings is 1. The highest BCUT2D eigenvalue weighted by Gasteiger charge is 2.21. The second kappa shape index (κ2) is 8.95. The fourth-order valence-corrected chi connectivity index (χ4v) is 4.03. The van der Waals surface area contributed by atoms with Gasteiger partial charge < -0.3 is 14.2 Å². The van der Waals surface area contributed by atoms with Gasteiger partial charge in [-0.25, -0.2) is 4.79 Å². The average molecular weight is 420 g/mol. The summed E-state index contributed by atoms with van der Waals surface area (Å²) >= 11 is 0. The fourth-order valence-electron chi connectivity index (χ4n) is 4.03. The molecule has 1 unspecified atom stereocenters. The standard InChI is InChI=1S/C23H24N4O4/c28-23-26-22(31-15-19-14-29-9-10-30-19)12-21-20-4-2-16(11-17(20)5-8-27(21)23)1-3-18-13-24-6-7-25-18/h2,4,6-7,11-13,19H,1,3,5,8-10,14-15H2. The zero-order valence-electron chi connectivity index (χ0n) is 17.2. The van der Waals surface area contributed by atoms with Gasteiger partial charge in [0.15, 0.2) is 0 Å². The van der Waals surface area contributed by atoms with Gasteiger partial charge in [-0.05, 0) is 30.4 Å². The van der Waals surface area contributed by atoms with Crippen molar-refractivity contribution in [1.82, 2.24) is 19.5 Å². The summed E-state index contributed by atoms with van der Waals surface area (Å²) < 4.78 is 18.5. The first kappa shape index (κ1) is 19.8. The van der Waals surface area contributed by atoms with Gasteiger partial charge in [0, 0.05) is 36.8 Å². The van der Waals surface area contributed by atoms with Crippen LogP contribution in [0.5, 0.6) is 5.88 Å². The maximum Gasteiger partial charge on any atom is 0.351 e. The molecule has 1 saturated heterocycles. The molecule has 0 amide bonds. The second-order valence-corrected chi connectivity index (χ2v) is 7.73. The normalized spacial score (nSPS) is 17.6. The Morgan fingerprint density at radius 1 is 1.16 bits per heavy atom. The van der Waals surface area contributed by atoms with E-state index in [4.69, 9.17) is 14.2 Å². The van der Waals surface area contributed by atoms with Crippen LogP contribution < -0.4 is 10.4 Å². The second-order valence-electron chi connectivity index (χ2n) is 7.73. The Bertz CT molecular complexity index is 1110. The first-order valence-corrected chi connectivity index (χ1v) is 10.6. The van der Waals surface area contributed by atoms with E-state index in [-0.39, 0.29) is 11.8 Å². The molecule has 8 heteroatoms. The summed E-state index contributed by atoms with van der Waals surface area (Å²) in [6, 6.07) is 8.29. The Hall–Kier alpha value is -3.10. The summed E-state index contributed by atoms with van der Waals surface area (Å²) in [5, 5.41) is 0. The molecular weight excluding hydrogens is 396 g/mol. The van der Waals surface area contributed by atoms with Crippen LogP contribution in [0.2, 0.25) is 0 Å². The molecule has 4 heterocycles. The first-order valence-electron chi connectivity index (χ1n) is 10.6. The van der Waals surface area contributed by atoms with E-state index >= 15 is 0 Å². The Morgan fingerprint density at radius 2 is 2.13 bits per heavy atom. The molecule has 5 rings (SSSR count). The topological polar surface area (TPSA) is 88.4 Å². The third-order valence-corrected chi connectivity index (χ3v) is 5.63. The van der Waals surface area contributed by atoms with Crippen molar-refractivity contribution >= 4 is 0 Å². The van der Waals surface area contributed by atoms with Crippen LogP contribution in [-0.4, -0.2) is 52.1 Å². The van der Waals surface area contributed by atoms with Crippen molar-refractivity contribution in [3.05, 3.63) is 70.2 Å². The number of ether oxygens (including phenoxy) is 3. The van der Waals surface area contributed by atoms with E-state index in [1.807, 2.05) is 6.07 Å². The van der Waals surface area contributed by atoms with Crippen molar-refractivity contribution in [2.75, 3.05) is 26.4 Å². The number of hydrogen-bond donors (Lipinski definition) is 0. The molecule has 0 bridgehead atoms. The van der Waals surface area contributed by atoms with Gasteiger partial charge in [0.2, 0.25) is 5.88 Å². The van der Waals surface area contributed by atoms with Crippen molar-refractivity contribution in [2.45, 2.75) is 31.9 Å². The smallest absolute Gasteiger partial charge is 0.351 e. The predicted molar refractivity (Wildman–Crippen MR) is 113 cm³/mol. The molecule has 1 fully saturated rings. The lowest BCUT2D eigenvalue weighted by atomic mass is 9.94. The molecule has 0 N–H and O–H groups in total. The zero-order chi connectivity index (χ0) is 21.0. The molecule has 0 spiro atoms. The lowest BCUT2D eigenvalue weighted by Crippen LogP contribution is -2.34. The van der Waals surface area contributed by atoms with Crippen LogP contribution >= 0.6 is 0 Å². The van der Waals surface area contributed by atoms with Crippen LogP contribution in [0, 0.1) is 0 Å². The molecule has 1 atom stereocenters. The third kappa shape index (κ3) is 4.50. The molecule has 2 aliphatic heterocycles. The number of rotatable bonds is 6. The zero-order valence-corrected chi connectivity index (χ0v) is 17.2. The van der Waals surface area contributed by atoms with Crippen LogP contribution in [0.3, 0.4) is 0 Å². The number of hydrogen-bond acceptors (Lipinski definition) is 7. The van der Waals surface area contributed by atoms with Crippen LogP contribution in [0.25, 0.3) is 11.3 Å². The number of aryl methyl sites for hydroxylation is 3. The predicted octanol–water partition coefficient (Wildman–Crippen LogP) is 1.84. The average Bonchev–Trinajstić information content (AvgIpc) is 2.82. The van der Waals surface area contributed by atoms with Gasteiger partial charge in [-0.15, -0.1) is 0 Å². The molecule has 2 aliphatic rings. The number of aromatic nitrogens is 4. The van der Waals surface area contributed by atoms with E-state index in [9.17, 15) is 4.79 Å². The van der Waals surface area contributed by atoms with E-state index in [0.717, 1.165) is 36.2 Å². The SMILES string of the molecule is O=c1nc(OCC2COCCO2)cc2n1CCc1cc(CCc3cnccn3)ccc1-2. The minimum Gasteiger partial charge on any atom is -0.475 e. The molecule has 8 nitrogen and oxygen atoms in total.